The van der Waals surface area contributed by atoms with E-state index in [2.05, 4.69) is 36.2 Å². The molecular formula is C24H28N2O3. The lowest BCUT2D eigenvalue weighted by atomic mass is 10.0. The number of imidazole rings is 1. The van der Waals surface area contributed by atoms with Gasteiger partial charge in [0.15, 0.2) is 5.79 Å². The van der Waals surface area contributed by atoms with Crippen molar-refractivity contribution in [1.82, 2.24) is 9.55 Å². The third-order valence-corrected chi connectivity index (χ3v) is 5.33. The third kappa shape index (κ3) is 5.05. The predicted octanol–water partition coefficient (Wildman–Crippen LogP) is 4.32. The summed E-state index contributed by atoms with van der Waals surface area (Å²) in [6, 6.07) is 16.7. The van der Waals surface area contributed by atoms with Crippen molar-refractivity contribution in [3.05, 3.63) is 83.9 Å². The summed E-state index contributed by atoms with van der Waals surface area (Å²) in [5.41, 5.74) is 3.67. The quantitative estimate of drug-likeness (QED) is 0.573. The minimum atomic E-state index is -0.675. The molecule has 5 nitrogen and oxygen atoms in total. The first-order valence-corrected chi connectivity index (χ1v) is 10.1. The maximum Gasteiger partial charge on any atom is 0.187 e. The largest absolute Gasteiger partial charge is 0.491 e. The van der Waals surface area contributed by atoms with Crippen LogP contribution in [0.2, 0.25) is 0 Å². The molecule has 2 unspecified atom stereocenters. The molecule has 0 aliphatic carbocycles. The van der Waals surface area contributed by atoms with Crippen LogP contribution in [0.25, 0.3) is 0 Å². The lowest BCUT2D eigenvalue weighted by molar-refractivity contribution is -0.184. The van der Waals surface area contributed by atoms with Crippen molar-refractivity contribution in [2.75, 3.05) is 13.2 Å². The Morgan fingerprint density at radius 3 is 2.72 bits per heavy atom. The lowest BCUT2D eigenvalue weighted by Gasteiger charge is -2.28. The zero-order valence-corrected chi connectivity index (χ0v) is 17.1. The summed E-state index contributed by atoms with van der Waals surface area (Å²) in [6.07, 6.45) is 7.09. The van der Waals surface area contributed by atoms with Gasteiger partial charge in [-0.25, -0.2) is 4.98 Å². The Hall–Kier alpha value is -2.63. The van der Waals surface area contributed by atoms with E-state index >= 15 is 0 Å². The Balaban J connectivity index is 1.41. The summed E-state index contributed by atoms with van der Waals surface area (Å²) in [7, 11) is 0. The number of benzene rings is 2. The average Bonchev–Trinajstić information content (AvgIpc) is 3.38. The number of aryl methyl sites for hydroxylation is 3. The molecule has 4 rings (SSSR count). The molecule has 0 bridgehead atoms. The van der Waals surface area contributed by atoms with Crippen LogP contribution in [0, 0.1) is 13.8 Å². The van der Waals surface area contributed by atoms with E-state index in [9.17, 15) is 0 Å². The SMILES string of the molecule is Cc1ccc(CCC2(Cn3ccnc3)OCC(COc3ccccc3C)O2)cc1. The van der Waals surface area contributed by atoms with Gasteiger partial charge in [-0.1, -0.05) is 48.0 Å². The monoisotopic (exact) mass is 392 g/mol. The summed E-state index contributed by atoms with van der Waals surface area (Å²) in [6.45, 7) is 5.76. The number of para-hydroxylation sites is 1. The third-order valence-electron chi connectivity index (χ3n) is 5.33. The molecule has 0 radical (unpaired) electrons. The van der Waals surface area contributed by atoms with Gasteiger partial charge in [0.1, 0.15) is 18.5 Å². The number of nitrogens with zero attached hydrogens (tertiary/aromatic N) is 2. The second-order valence-electron chi connectivity index (χ2n) is 7.76. The zero-order chi connectivity index (χ0) is 20.1. The first-order valence-electron chi connectivity index (χ1n) is 10.1. The van der Waals surface area contributed by atoms with Crippen LogP contribution < -0.4 is 4.74 Å². The zero-order valence-electron chi connectivity index (χ0n) is 17.1. The van der Waals surface area contributed by atoms with Crippen molar-refractivity contribution in [3.63, 3.8) is 0 Å². The summed E-state index contributed by atoms with van der Waals surface area (Å²) >= 11 is 0. The molecule has 5 heteroatoms. The van der Waals surface area contributed by atoms with Gasteiger partial charge in [-0.2, -0.15) is 0 Å². The molecule has 1 aliphatic heterocycles. The topological polar surface area (TPSA) is 45.5 Å². The van der Waals surface area contributed by atoms with Gasteiger partial charge in [-0.15, -0.1) is 0 Å². The molecule has 0 saturated carbocycles. The molecule has 2 heterocycles. The number of rotatable bonds is 8. The smallest absolute Gasteiger partial charge is 0.187 e. The van der Waals surface area contributed by atoms with Crippen LogP contribution in [-0.2, 0) is 22.4 Å². The maximum atomic E-state index is 6.43. The summed E-state index contributed by atoms with van der Waals surface area (Å²) in [5, 5.41) is 0. The molecule has 1 aromatic heterocycles. The summed E-state index contributed by atoms with van der Waals surface area (Å²) < 4.78 is 20.7. The molecule has 29 heavy (non-hydrogen) atoms. The highest BCUT2D eigenvalue weighted by atomic mass is 16.8. The fraction of sp³-hybridized carbons (Fsp3) is 0.375. The van der Waals surface area contributed by atoms with Gasteiger partial charge in [0.05, 0.1) is 19.5 Å². The second-order valence-corrected chi connectivity index (χ2v) is 7.76. The van der Waals surface area contributed by atoms with Crippen LogP contribution in [-0.4, -0.2) is 34.7 Å². The van der Waals surface area contributed by atoms with E-state index in [0.717, 1.165) is 24.2 Å². The number of hydrogen-bond acceptors (Lipinski definition) is 4. The number of hydrogen-bond donors (Lipinski definition) is 0. The molecule has 3 aromatic rings. The molecule has 0 spiro atoms. The van der Waals surface area contributed by atoms with E-state index in [1.54, 1.807) is 12.5 Å². The molecule has 0 N–H and O–H groups in total. The van der Waals surface area contributed by atoms with Crippen molar-refractivity contribution >= 4 is 0 Å². The highest BCUT2D eigenvalue weighted by Crippen LogP contribution is 2.31. The van der Waals surface area contributed by atoms with Gasteiger partial charge in [0.2, 0.25) is 0 Å². The summed E-state index contributed by atoms with van der Waals surface area (Å²) in [4.78, 5) is 4.16. The van der Waals surface area contributed by atoms with Crippen LogP contribution in [0.1, 0.15) is 23.1 Å². The minimum absolute atomic E-state index is 0.101. The van der Waals surface area contributed by atoms with Gasteiger partial charge in [-0.3, -0.25) is 0 Å². The molecule has 1 saturated heterocycles. The Kier molecular flexibility index (Phi) is 5.97. The number of ether oxygens (including phenoxy) is 3. The highest BCUT2D eigenvalue weighted by Gasteiger charge is 2.42. The molecule has 1 aliphatic rings. The fourth-order valence-electron chi connectivity index (χ4n) is 3.64. The van der Waals surface area contributed by atoms with E-state index in [-0.39, 0.29) is 6.10 Å². The van der Waals surface area contributed by atoms with Crippen LogP contribution in [0.15, 0.2) is 67.3 Å². The van der Waals surface area contributed by atoms with Crippen molar-refractivity contribution in [2.45, 2.75) is 45.1 Å². The van der Waals surface area contributed by atoms with E-state index in [1.165, 1.54) is 11.1 Å². The van der Waals surface area contributed by atoms with Gasteiger partial charge < -0.3 is 18.8 Å². The number of aromatic nitrogens is 2. The molecule has 2 aromatic carbocycles. The van der Waals surface area contributed by atoms with Gasteiger partial charge in [0, 0.05) is 18.8 Å². The molecular weight excluding hydrogens is 364 g/mol. The Morgan fingerprint density at radius 2 is 1.97 bits per heavy atom. The van der Waals surface area contributed by atoms with Gasteiger partial charge >= 0.3 is 0 Å². The minimum Gasteiger partial charge on any atom is -0.491 e. The lowest BCUT2D eigenvalue weighted by Crippen LogP contribution is -2.37. The van der Waals surface area contributed by atoms with Crippen molar-refractivity contribution < 1.29 is 14.2 Å². The van der Waals surface area contributed by atoms with E-state index in [1.807, 2.05) is 42.0 Å². The summed E-state index contributed by atoms with van der Waals surface area (Å²) in [5.74, 6) is 0.216. The molecule has 2 atom stereocenters. The Morgan fingerprint density at radius 1 is 1.14 bits per heavy atom. The molecule has 1 fully saturated rings. The van der Waals surface area contributed by atoms with Crippen LogP contribution in [0.5, 0.6) is 5.75 Å². The highest BCUT2D eigenvalue weighted by molar-refractivity contribution is 5.31. The first-order chi connectivity index (χ1) is 14.1. The van der Waals surface area contributed by atoms with Crippen molar-refractivity contribution in [1.29, 1.82) is 0 Å². The van der Waals surface area contributed by atoms with Crippen molar-refractivity contribution in [2.24, 2.45) is 0 Å². The standard InChI is InChI=1S/C24H28N2O3/c1-19-7-9-21(10-8-19)11-12-24(17-26-14-13-25-18-26)28-16-22(29-24)15-27-23-6-4-3-5-20(23)2/h3-10,13-14,18,22H,11-12,15-17H2,1-2H3. The maximum absolute atomic E-state index is 6.43. The fourth-order valence-corrected chi connectivity index (χ4v) is 3.64. The van der Waals surface area contributed by atoms with Crippen LogP contribution in [0.4, 0.5) is 0 Å². The van der Waals surface area contributed by atoms with E-state index < -0.39 is 5.79 Å². The van der Waals surface area contributed by atoms with E-state index in [4.69, 9.17) is 14.2 Å². The van der Waals surface area contributed by atoms with Crippen LogP contribution in [0.3, 0.4) is 0 Å². The average molecular weight is 392 g/mol. The van der Waals surface area contributed by atoms with E-state index in [0.29, 0.717) is 19.8 Å². The van der Waals surface area contributed by atoms with Crippen molar-refractivity contribution in [3.8, 4) is 5.75 Å². The molecule has 152 valence electrons. The second kappa shape index (κ2) is 8.80. The predicted molar refractivity (Wildman–Crippen MR) is 112 cm³/mol. The normalized spacial score (nSPS) is 21.4. The molecule has 0 amide bonds. The first kappa shape index (κ1) is 19.7. The Bertz CT molecular complexity index is 908. The van der Waals surface area contributed by atoms with Crippen LogP contribution >= 0.6 is 0 Å². The Labute approximate surface area is 172 Å². The van der Waals surface area contributed by atoms with Gasteiger partial charge in [0.25, 0.3) is 0 Å². The van der Waals surface area contributed by atoms with Gasteiger partial charge in [-0.05, 0) is 37.5 Å².